The van der Waals surface area contributed by atoms with Crippen LogP contribution in [0.3, 0.4) is 0 Å². The van der Waals surface area contributed by atoms with Crippen LogP contribution in [0.2, 0.25) is 0 Å². The van der Waals surface area contributed by atoms with Crippen LogP contribution in [0.25, 0.3) is 0 Å². The number of carbonyl (C=O) groups is 1. The molecule has 0 bridgehead atoms. The molecule has 1 rings (SSSR count). The molecule has 3 heteroatoms. The van der Waals surface area contributed by atoms with Crippen LogP contribution >= 0.6 is 15.9 Å². The number of nitrogens with zero attached hydrogens (tertiary/aromatic N) is 1. The molecule has 11 heavy (non-hydrogen) atoms. The number of halogens is 1. The molecule has 0 saturated heterocycles. The highest BCUT2D eigenvalue weighted by atomic mass is 79.9. The summed E-state index contributed by atoms with van der Waals surface area (Å²) in [6.45, 7) is 1.97. The van der Waals surface area contributed by atoms with Gasteiger partial charge in [0, 0.05) is 12.1 Å². The third kappa shape index (κ3) is 2.42. The molecule has 0 atom stereocenters. The van der Waals surface area contributed by atoms with E-state index in [2.05, 4.69) is 20.9 Å². The van der Waals surface area contributed by atoms with Crippen molar-refractivity contribution in [3.8, 4) is 0 Å². The van der Waals surface area contributed by atoms with E-state index < -0.39 is 0 Å². The molecule has 1 aromatic heterocycles. The molecular weight excluding hydrogens is 206 g/mol. The number of hydrogen-bond donors (Lipinski definition) is 0. The van der Waals surface area contributed by atoms with Gasteiger partial charge in [-0.1, -0.05) is 0 Å². The van der Waals surface area contributed by atoms with Crippen molar-refractivity contribution < 1.29 is 4.79 Å². The van der Waals surface area contributed by atoms with Gasteiger partial charge < -0.3 is 4.79 Å². The summed E-state index contributed by atoms with van der Waals surface area (Å²) in [6, 6.07) is 3.81. The number of aryl methyl sites for hydroxylation is 1. The zero-order chi connectivity index (χ0) is 8.27. The fraction of sp³-hybridized carbons (Fsp3) is 0.250. The second kappa shape index (κ2) is 3.62. The predicted octanol–water partition coefficient (Wildman–Crippen LogP) is 1.89. The molecule has 1 aromatic rings. The first kappa shape index (κ1) is 8.40. The van der Waals surface area contributed by atoms with Crippen molar-refractivity contribution in [3.05, 3.63) is 28.0 Å². The van der Waals surface area contributed by atoms with E-state index in [1.54, 1.807) is 0 Å². The molecule has 0 fully saturated rings. The average molecular weight is 214 g/mol. The van der Waals surface area contributed by atoms with E-state index in [-0.39, 0.29) is 0 Å². The molecule has 0 saturated carbocycles. The first-order chi connectivity index (χ1) is 5.22. The Morgan fingerprint density at radius 3 is 2.91 bits per heavy atom. The topological polar surface area (TPSA) is 30.0 Å². The molecule has 1 heterocycles. The molecule has 2 nitrogen and oxygen atoms in total. The van der Waals surface area contributed by atoms with E-state index in [9.17, 15) is 4.79 Å². The van der Waals surface area contributed by atoms with Crippen molar-refractivity contribution >= 4 is 22.2 Å². The maximum absolute atomic E-state index is 10.1. The Bertz CT molecular complexity index is 253. The third-order valence-electron chi connectivity index (χ3n) is 1.28. The minimum atomic E-state index is 0.389. The summed E-state index contributed by atoms with van der Waals surface area (Å²) in [5.41, 5.74) is 1.93. The van der Waals surface area contributed by atoms with Crippen molar-refractivity contribution in [1.29, 1.82) is 0 Å². The quantitative estimate of drug-likeness (QED) is 0.555. The largest absolute Gasteiger partial charge is 0.303 e. The Balaban J connectivity index is 2.98. The molecule has 58 valence electrons. The van der Waals surface area contributed by atoms with Crippen LogP contribution in [-0.4, -0.2) is 11.3 Å². The lowest BCUT2D eigenvalue weighted by atomic mass is 10.2. The molecule has 0 aromatic carbocycles. The summed E-state index contributed by atoms with van der Waals surface area (Å²) in [5.74, 6) is 0. The first-order valence-corrected chi connectivity index (χ1v) is 4.08. The Morgan fingerprint density at radius 2 is 2.36 bits per heavy atom. The van der Waals surface area contributed by atoms with Gasteiger partial charge in [0.25, 0.3) is 0 Å². The third-order valence-corrected chi connectivity index (χ3v) is 1.69. The highest BCUT2D eigenvalue weighted by molar-refractivity contribution is 9.10. The maximum Gasteiger partial charge on any atom is 0.125 e. The van der Waals surface area contributed by atoms with Gasteiger partial charge in [-0.3, -0.25) is 0 Å². The minimum absolute atomic E-state index is 0.389. The van der Waals surface area contributed by atoms with Gasteiger partial charge in [0.05, 0.1) is 0 Å². The van der Waals surface area contributed by atoms with Crippen molar-refractivity contribution in [2.24, 2.45) is 0 Å². The maximum atomic E-state index is 10.1. The molecule has 0 N–H and O–H groups in total. The zero-order valence-corrected chi connectivity index (χ0v) is 7.76. The molecule has 0 aliphatic rings. The molecule has 0 unspecified atom stereocenters. The van der Waals surface area contributed by atoms with E-state index in [0.29, 0.717) is 6.42 Å². The summed E-state index contributed by atoms with van der Waals surface area (Å²) < 4.78 is 0.786. The Labute approximate surface area is 73.8 Å². The highest BCUT2D eigenvalue weighted by Gasteiger charge is 1.96. The average Bonchev–Trinajstić information content (AvgIpc) is 1.85. The summed E-state index contributed by atoms with van der Waals surface area (Å²) in [6.07, 6.45) is 1.24. The molecule has 0 amide bonds. The number of hydrogen-bond acceptors (Lipinski definition) is 2. The van der Waals surface area contributed by atoms with Crippen molar-refractivity contribution in [3.63, 3.8) is 0 Å². The summed E-state index contributed by atoms with van der Waals surface area (Å²) in [7, 11) is 0. The number of carbonyl (C=O) groups excluding carboxylic acids is 1. The monoisotopic (exact) mass is 213 g/mol. The lowest BCUT2D eigenvalue weighted by Crippen LogP contribution is -1.92. The molecular formula is C8H8BrNO. The standard InChI is InChI=1S/C8H8BrNO/c1-6-4-7(2-3-11)10-8(9)5-6/h3-5H,2H2,1H3. The molecule has 0 spiro atoms. The van der Waals surface area contributed by atoms with Crippen LogP contribution in [0, 0.1) is 6.92 Å². The predicted molar refractivity (Wildman–Crippen MR) is 46.4 cm³/mol. The summed E-state index contributed by atoms with van der Waals surface area (Å²) in [5, 5.41) is 0. The highest BCUT2D eigenvalue weighted by Crippen LogP contribution is 2.10. The van der Waals surface area contributed by atoms with Crippen molar-refractivity contribution in [2.75, 3.05) is 0 Å². The summed E-state index contributed by atoms with van der Waals surface area (Å²) >= 11 is 3.26. The zero-order valence-electron chi connectivity index (χ0n) is 6.17. The van der Waals surface area contributed by atoms with E-state index in [1.165, 1.54) is 0 Å². The lowest BCUT2D eigenvalue weighted by molar-refractivity contribution is -0.107. The van der Waals surface area contributed by atoms with Crippen LogP contribution in [0.1, 0.15) is 11.3 Å². The SMILES string of the molecule is Cc1cc(Br)nc(CC=O)c1. The Morgan fingerprint density at radius 1 is 1.64 bits per heavy atom. The van der Waals surface area contributed by atoms with Crippen molar-refractivity contribution in [2.45, 2.75) is 13.3 Å². The van der Waals surface area contributed by atoms with Gasteiger partial charge >= 0.3 is 0 Å². The van der Waals surface area contributed by atoms with E-state index in [1.807, 2.05) is 19.1 Å². The van der Waals surface area contributed by atoms with Gasteiger partial charge in [0.1, 0.15) is 10.9 Å². The lowest BCUT2D eigenvalue weighted by Gasteiger charge is -1.97. The fourth-order valence-corrected chi connectivity index (χ4v) is 1.47. The van der Waals surface area contributed by atoms with Gasteiger partial charge in [-0.2, -0.15) is 0 Å². The number of aromatic nitrogens is 1. The second-order valence-corrected chi connectivity index (χ2v) is 3.14. The molecule has 0 aliphatic heterocycles. The molecule has 0 aliphatic carbocycles. The smallest absolute Gasteiger partial charge is 0.125 e. The van der Waals surface area contributed by atoms with Crippen LogP contribution in [0.5, 0.6) is 0 Å². The van der Waals surface area contributed by atoms with Gasteiger partial charge in [-0.15, -0.1) is 0 Å². The van der Waals surface area contributed by atoms with Crippen LogP contribution in [0.4, 0.5) is 0 Å². The Hall–Kier alpha value is -0.700. The van der Waals surface area contributed by atoms with Crippen LogP contribution in [0.15, 0.2) is 16.7 Å². The fourth-order valence-electron chi connectivity index (χ4n) is 0.884. The van der Waals surface area contributed by atoms with Crippen molar-refractivity contribution in [1.82, 2.24) is 4.98 Å². The van der Waals surface area contributed by atoms with Gasteiger partial charge in [-0.05, 0) is 40.5 Å². The number of pyridine rings is 1. The minimum Gasteiger partial charge on any atom is -0.303 e. The normalized spacial score (nSPS) is 9.64. The van der Waals surface area contributed by atoms with Gasteiger partial charge in [-0.25, -0.2) is 4.98 Å². The Kier molecular flexibility index (Phi) is 2.76. The van der Waals surface area contributed by atoms with Gasteiger partial charge in [0.15, 0.2) is 0 Å². The summed E-state index contributed by atoms with van der Waals surface area (Å²) in [4.78, 5) is 14.3. The first-order valence-electron chi connectivity index (χ1n) is 3.29. The molecule has 0 radical (unpaired) electrons. The van der Waals surface area contributed by atoms with Gasteiger partial charge in [0.2, 0.25) is 0 Å². The van der Waals surface area contributed by atoms with E-state index in [0.717, 1.165) is 22.1 Å². The van der Waals surface area contributed by atoms with E-state index >= 15 is 0 Å². The number of aldehydes is 1. The van der Waals surface area contributed by atoms with E-state index in [4.69, 9.17) is 0 Å². The number of rotatable bonds is 2. The van der Waals surface area contributed by atoms with Crippen LogP contribution < -0.4 is 0 Å². The van der Waals surface area contributed by atoms with Crippen LogP contribution in [-0.2, 0) is 11.2 Å². The second-order valence-electron chi connectivity index (χ2n) is 2.33.